The number of hydrogen-bond acceptors (Lipinski definition) is 8. The van der Waals surface area contributed by atoms with Gasteiger partial charge in [0.25, 0.3) is 0 Å². The SMILES string of the molecule is C#Cc1cccc(NC(=O)CCC(/C=C/C2=[N+](CC)c3ccc(C)cc3C2(C)C)=C\C=C2\N(CC)c3ccc(C)cc3C2(C)C)c1.CCN1/C(=C/C=C(/C=C/C2=[N+](CC)c3ccc(C)cc3C2(C)C)CCC(=O)Nc2ccc(C(=O)O)cc2)C(C)(C)c2cc(C)ccc21.CCN1/C(=C/C=C(/C=C/C2=[N+](CC)c3ccc(C)cc3C2(C)C)CCC(=O)Nc2ccc(N=[N+]=[N-])cc2)C(C)(C)c2cc(C)ccc21. The van der Waals surface area contributed by atoms with Crippen LogP contribution in [0.4, 0.5) is 56.9 Å². The van der Waals surface area contributed by atoms with Gasteiger partial charge in [-0.1, -0.05) is 195 Å². The third kappa shape index (κ3) is 21.9. The molecule has 9 aromatic carbocycles. The molecule has 0 radical (unpaired) electrons. The molecule has 6 aliphatic rings. The first-order valence-electron chi connectivity index (χ1n) is 49.8. The van der Waals surface area contributed by atoms with E-state index in [1.807, 2.05) is 24.3 Å². The van der Waals surface area contributed by atoms with Gasteiger partial charge in [0.05, 0.1) is 21.8 Å². The summed E-state index contributed by atoms with van der Waals surface area (Å²) in [6, 6.07) is 61.0. The van der Waals surface area contributed by atoms with Gasteiger partial charge >= 0.3 is 5.97 Å². The zero-order valence-electron chi connectivity index (χ0n) is 86.9. The number of allylic oxidation sites excluding steroid dienone is 18. The Balaban J connectivity index is 0.000000177. The highest BCUT2D eigenvalue weighted by molar-refractivity contribution is 6.05. The monoisotopic (exact) mass is 1870 g/mol. The summed E-state index contributed by atoms with van der Waals surface area (Å²) in [4.78, 5) is 60.7. The quantitative estimate of drug-likeness (QED) is 0.00888. The molecule has 6 heterocycles. The Bertz CT molecular complexity index is 6580. The van der Waals surface area contributed by atoms with Crippen molar-refractivity contribution in [3.05, 3.63) is 377 Å². The number of amides is 3. The number of azide groups is 1. The molecule has 4 N–H and O–H groups in total. The molecule has 0 bridgehead atoms. The largest absolute Gasteiger partial charge is 0.478 e. The summed E-state index contributed by atoms with van der Waals surface area (Å²) in [7, 11) is 0. The average molecular weight is 1870 g/mol. The summed E-state index contributed by atoms with van der Waals surface area (Å²) in [5.41, 5.74) is 45.2. The zero-order chi connectivity index (χ0) is 101. The number of fused-ring (bicyclic) bond motifs is 6. The van der Waals surface area contributed by atoms with Crippen molar-refractivity contribution in [1.29, 1.82) is 0 Å². The average Bonchev–Trinajstić information content (AvgIpc) is 1.62. The fourth-order valence-corrected chi connectivity index (χ4v) is 21.1. The summed E-state index contributed by atoms with van der Waals surface area (Å²) in [5.74, 6) is 1.42. The number of hydrogen-bond donors (Lipinski definition) is 4. The maximum atomic E-state index is 13.2. The predicted octanol–water partition coefficient (Wildman–Crippen LogP) is 28.5. The molecule has 0 spiro atoms. The Hall–Kier alpha value is -14.2. The van der Waals surface area contributed by atoms with Gasteiger partial charge in [0, 0.05) is 176 Å². The summed E-state index contributed by atoms with van der Waals surface area (Å²) in [6.07, 6.45) is 35.0. The number of carboxylic acids is 1. The van der Waals surface area contributed by atoms with E-state index in [1.165, 1.54) is 147 Å². The first kappa shape index (κ1) is 103. The van der Waals surface area contributed by atoms with E-state index in [4.69, 9.17) is 12.0 Å². The van der Waals surface area contributed by atoms with Crippen molar-refractivity contribution in [2.45, 2.75) is 237 Å². The minimum atomic E-state index is -0.993. The van der Waals surface area contributed by atoms with Gasteiger partial charge in [-0.3, -0.25) is 14.4 Å². The molecule has 140 heavy (non-hydrogen) atoms. The standard InChI is InChI=1S/C42H47N3O.C41H47N3O3.C40H46N6O/c1-10-31-14-13-15-33(28-31)43-40(46)25-20-32(18-23-38-41(6,7)34-26-29(4)16-21-36(34)44(38)11-2)19-24-39-42(8,9)35-27-30(5)17-22-37(35)45(39)12-3;1-9-43-34-20-11-27(3)25-32(34)40(5,6)36(43)22-13-29(15-24-38(45)42-31-18-16-30(17-19-31)39(46)47)14-23-37-41(7,8)33-26-28(4)12-21-35(33)44(37)10-2;1-9-45-34-20-11-27(3)25-32(34)39(5,6)36(45)22-13-29(15-24-38(47)42-30-16-18-31(19-17-30)43-44-41)14-23-37-40(7,8)33-26-28(4)12-21-35(33)46(37)10-2/h1,13-19,21-24,26-28H,11-12,20,25H2,2-9H3;11-14,16-23,25-26H,9-10,15,24H2,1-8H3,(H-,42,45,46,47);11-14,16-23,25-26H,9-10,15,24H2,1-8H3/p+3. The maximum absolute atomic E-state index is 13.2. The minimum Gasteiger partial charge on any atom is -0.478 e. The molecule has 17 nitrogen and oxygen atoms in total. The Morgan fingerprint density at radius 1 is 0.386 bits per heavy atom. The Kier molecular flexibility index (Phi) is 31.7. The van der Waals surface area contributed by atoms with Crippen molar-refractivity contribution in [2.24, 2.45) is 5.11 Å². The number of rotatable bonds is 29. The maximum Gasteiger partial charge on any atom is 0.335 e. The van der Waals surface area contributed by atoms with Gasteiger partial charge in [0.1, 0.15) is 19.6 Å². The first-order chi connectivity index (χ1) is 66.6. The van der Waals surface area contributed by atoms with E-state index in [0.29, 0.717) is 49.2 Å². The second kappa shape index (κ2) is 43.0. The van der Waals surface area contributed by atoms with Crippen LogP contribution < -0.4 is 30.7 Å². The van der Waals surface area contributed by atoms with Gasteiger partial charge in [0.15, 0.2) is 17.1 Å². The Morgan fingerprint density at radius 2 is 0.686 bits per heavy atom. The van der Waals surface area contributed by atoms with Crippen molar-refractivity contribution >= 4 is 97.7 Å². The molecule has 17 heteroatoms. The van der Waals surface area contributed by atoms with Crippen LogP contribution in [0.2, 0.25) is 0 Å². The van der Waals surface area contributed by atoms with Crippen LogP contribution in [0, 0.1) is 53.9 Å². The normalized spacial score (nSPS) is 17.4. The van der Waals surface area contributed by atoms with Crippen LogP contribution in [-0.4, -0.2) is 98.9 Å². The number of nitrogens with zero attached hydrogens (tertiary/aromatic N) is 9. The second-order valence-corrected chi connectivity index (χ2v) is 40.9. The van der Waals surface area contributed by atoms with Crippen molar-refractivity contribution in [1.82, 2.24) is 0 Å². The number of nitrogens with one attached hydrogen (secondary N) is 3. The highest BCUT2D eigenvalue weighted by Crippen LogP contribution is 2.52. The lowest BCUT2D eigenvalue weighted by atomic mass is 9.80. The summed E-state index contributed by atoms with van der Waals surface area (Å²) in [5, 5.41) is 21.8. The molecule has 3 amide bonds. The molecule has 0 aromatic heterocycles. The van der Waals surface area contributed by atoms with E-state index in [1.54, 1.807) is 36.4 Å². The molecule has 0 fully saturated rings. The van der Waals surface area contributed by atoms with Gasteiger partial charge in [-0.25, -0.2) is 4.79 Å². The summed E-state index contributed by atoms with van der Waals surface area (Å²) < 4.78 is 7.23. The molecular weight excluding hydrogens is 1730 g/mol. The van der Waals surface area contributed by atoms with E-state index >= 15 is 0 Å². The van der Waals surface area contributed by atoms with Crippen LogP contribution in [0.3, 0.4) is 0 Å². The van der Waals surface area contributed by atoms with E-state index in [-0.39, 0.29) is 62.2 Å². The number of aromatic carboxylic acids is 1. The van der Waals surface area contributed by atoms with Gasteiger partial charge in [-0.2, -0.15) is 13.7 Å². The van der Waals surface area contributed by atoms with Gasteiger partial charge in [-0.15, -0.1) is 6.42 Å². The number of carbonyl (C=O) groups is 4. The fourth-order valence-electron chi connectivity index (χ4n) is 21.1. The van der Waals surface area contributed by atoms with Gasteiger partial charge in [0.2, 0.25) is 34.8 Å². The van der Waals surface area contributed by atoms with Crippen molar-refractivity contribution < 1.29 is 38.0 Å². The second-order valence-electron chi connectivity index (χ2n) is 40.9. The first-order valence-corrected chi connectivity index (χ1v) is 49.8. The molecule has 0 aliphatic carbocycles. The molecule has 6 aliphatic heterocycles. The molecule has 15 rings (SSSR count). The van der Waals surface area contributed by atoms with Crippen LogP contribution in [0.1, 0.15) is 246 Å². The molecule has 0 saturated heterocycles. The van der Waals surface area contributed by atoms with Crippen LogP contribution in [0.5, 0.6) is 0 Å². The highest BCUT2D eigenvalue weighted by Gasteiger charge is 2.48. The molecule has 0 atom stereocenters. The number of aryl methyl sites for hydroxylation is 6. The highest BCUT2D eigenvalue weighted by atomic mass is 16.4. The smallest absolute Gasteiger partial charge is 0.335 e. The van der Waals surface area contributed by atoms with Crippen LogP contribution in [0.15, 0.2) is 294 Å². The lowest BCUT2D eigenvalue weighted by molar-refractivity contribution is -0.433. The molecular formula is C123H143N12O5+3. The number of anilines is 6. The molecule has 0 saturated carbocycles. The van der Waals surface area contributed by atoms with Crippen LogP contribution in [0.25, 0.3) is 10.4 Å². The predicted molar refractivity (Wildman–Crippen MR) is 583 cm³/mol. The number of benzene rings is 9. The van der Waals surface area contributed by atoms with E-state index in [9.17, 15) is 24.3 Å². The minimum absolute atomic E-state index is 0.0349. The number of likely N-dealkylation sites (N-methyl/N-ethyl adjacent to an activating group) is 3. The molecule has 9 aromatic rings. The van der Waals surface area contributed by atoms with Gasteiger partial charge in [-0.05, 0) is 292 Å². The van der Waals surface area contributed by atoms with Gasteiger partial charge < -0.3 is 35.8 Å². The van der Waals surface area contributed by atoms with E-state index in [0.717, 1.165) is 67.2 Å². The van der Waals surface area contributed by atoms with E-state index in [2.05, 4.69) is 409 Å². The lowest BCUT2D eigenvalue weighted by Gasteiger charge is -2.26. The number of terminal acetylenes is 1. The van der Waals surface area contributed by atoms with E-state index < -0.39 is 5.97 Å². The van der Waals surface area contributed by atoms with Crippen molar-refractivity contribution in [3.63, 3.8) is 0 Å². The zero-order valence-corrected chi connectivity index (χ0v) is 86.9. The lowest BCUT2D eigenvalue weighted by Crippen LogP contribution is -2.27. The number of carbonyl (C=O) groups excluding carboxylic acids is 3. The third-order valence-electron chi connectivity index (χ3n) is 28.9. The Morgan fingerprint density at radius 3 is 0.979 bits per heavy atom. The van der Waals surface area contributed by atoms with Crippen molar-refractivity contribution in [2.75, 3.05) is 69.9 Å². The fraction of sp³-hybridized carbons (Fsp3) is 0.341. The summed E-state index contributed by atoms with van der Waals surface area (Å²) >= 11 is 0. The topological polar surface area (TPSA) is 192 Å². The molecule has 0 unspecified atom stereocenters. The molecule has 722 valence electrons. The summed E-state index contributed by atoms with van der Waals surface area (Å²) in [6.45, 7) is 58.9. The number of carboxylic acid groups (broad SMARTS) is 1. The van der Waals surface area contributed by atoms with Crippen LogP contribution >= 0.6 is 0 Å². The van der Waals surface area contributed by atoms with Crippen LogP contribution in [-0.2, 0) is 46.9 Å². The van der Waals surface area contributed by atoms with Crippen molar-refractivity contribution in [3.8, 4) is 12.3 Å². The third-order valence-corrected chi connectivity index (χ3v) is 28.9. The Labute approximate surface area is 832 Å².